The molecule has 0 aromatic heterocycles. The maximum atomic E-state index is 12.3. The van der Waals surface area contributed by atoms with E-state index < -0.39 is 0 Å². The molecule has 1 heterocycles. The van der Waals surface area contributed by atoms with Gasteiger partial charge in [-0.15, -0.1) is 12.4 Å². The van der Waals surface area contributed by atoms with E-state index >= 15 is 0 Å². The van der Waals surface area contributed by atoms with Crippen LogP contribution in [0.15, 0.2) is 0 Å². The molecular weight excluding hydrogens is 272 g/mol. The van der Waals surface area contributed by atoms with Crippen LogP contribution in [-0.2, 0) is 4.79 Å². The van der Waals surface area contributed by atoms with Crippen LogP contribution in [0.5, 0.6) is 0 Å². The highest BCUT2D eigenvalue weighted by Crippen LogP contribution is 2.28. The van der Waals surface area contributed by atoms with Gasteiger partial charge in [-0.2, -0.15) is 0 Å². The van der Waals surface area contributed by atoms with Crippen LogP contribution in [0.4, 0.5) is 0 Å². The molecule has 4 heteroatoms. The molecule has 1 saturated heterocycles. The lowest BCUT2D eigenvalue weighted by molar-refractivity contribution is -0.133. The topological polar surface area (TPSA) is 32.3 Å². The van der Waals surface area contributed by atoms with Crippen molar-refractivity contribution >= 4 is 18.3 Å². The first-order valence-corrected chi connectivity index (χ1v) is 8.22. The third-order valence-corrected chi connectivity index (χ3v) is 4.96. The summed E-state index contributed by atoms with van der Waals surface area (Å²) in [5.41, 5.74) is 0. The molecule has 0 atom stereocenters. The van der Waals surface area contributed by atoms with Gasteiger partial charge in [-0.05, 0) is 57.5 Å². The highest BCUT2D eigenvalue weighted by molar-refractivity contribution is 5.85. The van der Waals surface area contributed by atoms with E-state index in [0.29, 0.717) is 11.8 Å². The summed E-state index contributed by atoms with van der Waals surface area (Å²) < 4.78 is 0. The first kappa shape index (κ1) is 17.8. The van der Waals surface area contributed by atoms with Crippen LogP contribution in [0, 0.1) is 11.8 Å². The van der Waals surface area contributed by atoms with Gasteiger partial charge in [-0.25, -0.2) is 0 Å². The lowest BCUT2D eigenvalue weighted by Crippen LogP contribution is -2.39. The SMILES string of the molecule is CNCCC1CCN(C(=O)CC2CCCCC2)CC1.Cl. The van der Waals surface area contributed by atoms with E-state index in [0.717, 1.165) is 32.0 Å². The van der Waals surface area contributed by atoms with Gasteiger partial charge in [-0.3, -0.25) is 4.79 Å². The van der Waals surface area contributed by atoms with Crippen molar-refractivity contribution in [3.05, 3.63) is 0 Å². The standard InChI is InChI=1S/C16H30N2O.ClH/c1-17-10-7-14-8-11-18(12-9-14)16(19)13-15-5-3-2-4-6-15;/h14-15,17H,2-13H2,1H3;1H. The van der Waals surface area contributed by atoms with Crippen LogP contribution in [0.1, 0.15) is 57.8 Å². The number of carbonyl (C=O) groups excluding carboxylic acids is 1. The Morgan fingerprint density at radius 2 is 1.70 bits per heavy atom. The van der Waals surface area contributed by atoms with Crippen LogP contribution in [0.3, 0.4) is 0 Å². The Morgan fingerprint density at radius 1 is 1.05 bits per heavy atom. The lowest BCUT2D eigenvalue weighted by Gasteiger charge is -2.33. The van der Waals surface area contributed by atoms with Gasteiger partial charge in [0.2, 0.25) is 5.91 Å². The van der Waals surface area contributed by atoms with Gasteiger partial charge in [0.05, 0.1) is 0 Å². The zero-order valence-corrected chi connectivity index (χ0v) is 13.7. The van der Waals surface area contributed by atoms with Gasteiger partial charge < -0.3 is 10.2 Å². The monoisotopic (exact) mass is 302 g/mol. The molecule has 1 aliphatic heterocycles. The highest BCUT2D eigenvalue weighted by atomic mass is 35.5. The summed E-state index contributed by atoms with van der Waals surface area (Å²) in [5, 5.41) is 3.22. The maximum Gasteiger partial charge on any atom is 0.222 e. The Labute approximate surface area is 130 Å². The quantitative estimate of drug-likeness (QED) is 0.845. The molecule has 0 unspecified atom stereocenters. The fourth-order valence-electron chi connectivity index (χ4n) is 3.59. The van der Waals surface area contributed by atoms with E-state index in [1.807, 2.05) is 7.05 Å². The second-order valence-corrected chi connectivity index (χ2v) is 6.42. The molecule has 3 nitrogen and oxygen atoms in total. The van der Waals surface area contributed by atoms with Crippen molar-refractivity contribution in [3.63, 3.8) is 0 Å². The van der Waals surface area contributed by atoms with Crippen LogP contribution < -0.4 is 5.32 Å². The summed E-state index contributed by atoms with van der Waals surface area (Å²) in [4.78, 5) is 14.4. The van der Waals surface area contributed by atoms with Gasteiger partial charge in [-0.1, -0.05) is 19.3 Å². The zero-order valence-electron chi connectivity index (χ0n) is 12.9. The van der Waals surface area contributed by atoms with Crippen molar-refractivity contribution in [3.8, 4) is 0 Å². The molecule has 1 saturated carbocycles. The lowest BCUT2D eigenvalue weighted by atomic mass is 9.86. The molecule has 0 bridgehead atoms. The molecule has 20 heavy (non-hydrogen) atoms. The van der Waals surface area contributed by atoms with Crippen LogP contribution in [0.25, 0.3) is 0 Å². The van der Waals surface area contributed by atoms with Gasteiger partial charge >= 0.3 is 0 Å². The Bertz CT molecular complexity index is 272. The Kier molecular flexibility index (Phi) is 8.55. The number of nitrogens with one attached hydrogen (secondary N) is 1. The third kappa shape index (κ3) is 5.61. The Hall–Kier alpha value is -0.280. The molecule has 1 N–H and O–H groups in total. The smallest absolute Gasteiger partial charge is 0.222 e. The van der Waals surface area contributed by atoms with Gasteiger partial charge in [0.25, 0.3) is 0 Å². The second-order valence-electron chi connectivity index (χ2n) is 6.42. The van der Waals surface area contributed by atoms with Gasteiger partial charge in [0.15, 0.2) is 0 Å². The molecule has 1 amide bonds. The predicted molar refractivity (Wildman–Crippen MR) is 86.3 cm³/mol. The normalized spacial score (nSPS) is 21.6. The number of nitrogens with zero attached hydrogens (tertiary/aromatic N) is 1. The van der Waals surface area contributed by atoms with Crippen molar-refractivity contribution in [2.24, 2.45) is 11.8 Å². The number of halogens is 1. The fraction of sp³-hybridized carbons (Fsp3) is 0.938. The zero-order chi connectivity index (χ0) is 13.5. The molecule has 0 spiro atoms. The Balaban J connectivity index is 0.00000200. The number of hydrogen-bond donors (Lipinski definition) is 1. The molecular formula is C16H31ClN2O. The maximum absolute atomic E-state index is 12.3. The molecule has 118 valence electrons. The number of hydrogen-bond acceptors (Lipinski definition) is 2. The highest BCUT2D eigenvalue weighted by Gasteiger charge is 2.25. The van der Waals surface area contributed by atoms with E-state index in [1.165, 1.54) is 51.4 Å². The summed E-state index contributed by atoms with van der Waals surface area (Å²) in [6, 6.07) is 0. The number of carbonyl (C=O) groups is 1. The first-order chi connectivity index (χ1) is 9.29. The van der Waals surface area contributed by atoms with Crippen molar-refractivity contribution < 1.29 is 4.79 Å². The molecule has 2 fully saturated rings. The van der Waals surface area contributed by atoms with Gasteiger partial charge in [0.1, 0.15) is 0 Å². The number of likely N-dealkylation sites (tertiary alicyclic amines) is 1. The fourth-order valence-corrected chi connectivity index (χ4v) is 3.59. The average Bonchev–Trinajstić information content (AvgIpc) is 2.46. The summed E-state index contributed by atoms with van der Waals surface area (Å²) in [6.45, 7) is 3.11. The molecule has 2 rings (SSSR count). The van der Waals surface area contributed by atoms with E-state index in [-0.39, 0.29) is 12.4 Å². The largest absolute Gasteiger partial charge is 0.343 e. The molecule has 0 radical (unpaired) electrons. The number of rotatable bonds is 5. The molecule has 2 aliphatic rings. The van der Waals surface area contributed by atoms with Crippen LogP contribution >= 0.6 is 12.4 Å². The van der Waals surface area contributed by atoms with Crippen molar-refractivity contribution in [1.29, 1.82) is 0 Å². The van der Waals surface area contributed by atoms with E-state index in [1.54, 1.807) is 0 Å². The number of amides is 1. The van der Waals surface area contributed by atoms with E-state index in [4.69, 9.17) is 0 Å². The van der Waals surface area contributed by atoms with Gasteiger partial charge in [0, 0.05) is 19.5 Å². The minimum absolute atomic E-state index is 0. The minimum atomic E-state index is 0. The summed E-state index contributed by atoms with van der Waals surface area (Å²) in [6.07, 6.45) is 11.1. The number of piperidine rings is 1. The molecule has 0 aromatic rings. The minimum Gasteiger partial charge on any atom is -0.343 e. The van der Waals surface area contributed by atoms with Crippen LogP contribution in [-0.4, -0.2) is 37.5 Å². The van der Waals surface area contributed by atoms with Crippen molar-refractivity contribution in [1.82, 2.24) is 10.2 Å². The summed E-state index contributed by atoms with van der Waals surface area (Å²) >= 11 is 0. The molecule has 1 aliphatic carbocycles. The average molecular weight is 303 g/mol. The van der Waals surface area contributed by atoms with E-state index in [9.17, 15) is 4.79 Å². The second kappa shape index (κ2) is 9.62. The summed E-state index contributed by atoms with van der Waals surface area (Å²) in [5.74, 6) is 1.94. The Morgan fingerprint density at radius 3 is 2.30 bits per heavy atom. The first-order valence-electron chi connectivity index (χ1n) is 8.22. The molecule has 0 aromatic carbocycles. The van der Waals surface area contributed by atoms with Crippen molar-refractivity contribution in [2.75, 3.05) is 26.7 Å². The van der Waals surface area contributed by atoms with E-state index in [2.05, 4.69) is 10.2 Å². The van der Waals surface area contributed by atoms with Crippen molar-refractivity contribution in [2.45, 2.75) is 57.8 Å². The third-order valence-electron chi connectivity index (χ3n) is 4.96. The predicted octanol–water partition coefficient (Wildman–Crippen LogP) is 3.23. The summed E-state index contributed by atoms with van der Waals surface area (Å²) in [7, 11) is 2.02. The van der Waals surface area contributed by atoms with Crippen LogP contribution in [0.2, 0.25) is 0 Å².